The first-order valence-corrected chi connectivity index (χ1v) is 9.40. The molecule has 0 bridgehead atoms. The van der Waals surface area contributed by atoms with Gasteiger partial charge in [-0.25, -0.2) is 4.98 Å². The van der Waals surface area contributed by atoms with Gasteiger partial charge in [-0.3, -0.25) is 9.59 Å². The standard InChI is InChI=1S/C20H22N4O2S/c1-13-5-7-16(8-6-13)23-18(25)11-24(4)19(26)12-27-20-17(10-21)14(2)9-15(3)22-20/h5-9H,11-12H2,1-4H3,(H,23,25). The van der Waals surface area contributed by atoms with Gasteiger partial charge >= 0.3 is 0 Å². The molecule has 7 heteroatoms. The van der Waals surface area contributed by atoms with E-state index < -0.39 is 0 Å². The molecule has 2 rings (SSSR count). The average Bonchev–Trinajstić information content (AvgIpc) is 2.61. The maximum absolute atomic E-state index is 12.3. The Balaban J connectivity index is 1.91. The van der Waals surface area contributed by atoms with Gasteiger partial charge in [-0.05, 0) is 44.5 Å². The smallest absolute Gasteiger partial charge is 0.243 e. The Labute approximate surface area is 163 Å². The minimum Gasteiger partial charge on any atom is -0.336 e. The van der Waals surface area contributed by atoms with Gasteiger partial charge < -0.3 is 10.2 Å². The first-order valence-electron chi connectivity index (χ1n) is 8.41. The number of aromatic nitrogens is 1. The highest BCUT2D eigenvalue weighted by atomic mass is 32.2. The summed E-state index contributed by atoms with van der Waals surface area (Å²) in [6.07, 6.45) is 0. The van der Waals surface area contributed by atoms with Gasteiger partial charge in [0.2, 0.25) is 11.8 Å². The summed E-state index contributed by atoms with van der Waals surface area (Å²) in [4.78, 5) is 30.2. The molecule has 0 saturated carbocycles. The number of pyridine rings is 1. The van der Waals surface area contributed by atoms with E-state index in [1.54, 1.807) is 7.05 Å². The number of anilines is 1. The van der Waals surface area contributed by atoms with E-state index in [-0.39, 0.29) is 24.1 Å². The number of aryl methyl sites for hydroxylation is 3. The van der Waals surface area contributed by atoms with Crippen LogP contribution >= 0.6 is 11.8 Å². The van der Waals surface area contributed by atoms with Gasteiger partial charge in [0.1, 0.15) is 11.1 Å². The lowest BCUT2D eigenvalue weighted by Crippen LogP contribution is -2.36. The Bertz CT molecular complexity index is 888. The molecule has 1 aromatic carbocycles. The van der Waals surface area contributed by atoms with Crippen molar-refractivity contribution < 1.29 is 9.59 Å². The van der Waals surface area contributed by atoms with Gasteiger partial charge in [-0.15, -0.1) is 0 Å². The maximum Gasteiger partial charge on any atom is 0.243 e. The zero-order chi connectivity index (χ0) is 20.0. The van der Waals surface area contributed by atoms with E-state index in [1.165, 1.54) is 16.7 Å². The van der Waals surface area contributed by atoms with Gasteiger partial charge in [0.15, 0.2) is 0 Å². The topological polar surface area (TPSA) is 86.1 Å². The number of rotatable bonds is 6. The molecule has 140 valence electrons. The Hall–Kier alpha value is -2.85. The van der Waals surface area contributed by atoms with Crippen LogP contribution < -0.4 is 5.32 Å². The summed E-state index contributed by atoms with van der Waals surface area (Å²) in [5, 5.41) is 12.6. The highest BCUT2D eigenvalue weighted by Crippen LogP contribution is 2.23. The number of thioether (sulfide) groups is 1. The van der Waals surface area contributed by atoms with Crippen LogP contribution in [0.15, 0.2) is 35.4 Å². The molecular weight excluding hydrogens is 360 g/mol. The molecule has 0 saturated heterocycles. The molecule has 6 nitrogen and oxygen atoms in total. The Kier molecular flexibility index (Phi) is 6.97. The van der Waals surface area contributed by atoms with Crippen LogP contribution in [0.1, 0.15) is 22.4 Å². The molecule has 0 aliphatic heterocycles. The fraction of sp³-hybridized carbons (Fsp3) is 0.300. The van der Waals surface area contributed by atoms with Gasteiger partial charge in [-0.2, -0.15) is 5.26 Å². The molecule has 2 aromatic rings. The molecule has 1 N–H and O–H groups in total. The molecule has 2 amide bonds. The third kappa shape index (κ3) is 5.83. The second kappa shape index (κ2) is 9.19. The molecule has 0 radical (unpaired) electrons. The quantitative estimate of drug-likeness (QED) is 0.776. The van der Waals surface area contributed by atoms with E-state index in [0.29, 0.717) is 16.3 Å². The first-order chi connectivity index (χ1) is 12.8. The summed E-state index contributed by atoms with van der Waals surface area (Å²) < 4.78 is 0. The van der Waals surface area contributed by atoms with E-state index in [9.17, 15) is 14.9 Å². The summed E-state index contributed by atoms with van der Waals surface area (Å²) in [6, 6.07) is 11.4. The van der Waals surface area contributed by atoms with Crippen LogP contribution in [0, 0.1) is 32.1 Å². The first kappa shape index (κ1) is 20.5. The second-order valence-corrected chi connectivity index (χ2v) is 7.29. The number of carbonyl (C=O) groups is 2. The summed E-state index contributed by atoms with van der Waals surface area (Å²) in [5.41, 5.74) is 3.92. The van der Waals surface area contributed by atoms with Crippen molar-refractivity contribution in [1.29, 1.82) is 5.26 Å². The highest BCUT2D eigenvalue weighted by Gasteiger charge is 2.16. The lowest BCUT2D eigenvalue weighted by atomic mass is 10.1. The van der Waals surface area contributed by atoms with Gasteiger partial charge in [0, 0.05) is 18.4 Å². The number of nitrogens with zero attached hydrogens (tertiary/aromatic N) is 3. The van der Waals surface area contributed by atoms with Crippen molar-refractivity contribution in [3.05, 3.63) is 52.7 Å². The molecule has 0 fully saturated rings. The average molecular weight is 382 g/mol. The molecular formula is C20H22N4O2S. The molecule has 0 aliphatic carbocycles. The van der Waals surface area contributed by atoms with Gasteiger partial charge in [0.05, 0.1) is 17.9 Å². The van der Waals surface area contributed by atoms with Crippen molar-refractivity contribution in [3.63, 3.8) is 0 Å². The van der Waals surface area contributed by atoms with Crippen LogP contribution in [0.2, 0.25) is 0 Å². The fourth-order valence-corrected chi connectivity index (χ4v) is 3.46. The second-order valence-electron chi connectivity index (χ2n) is 6.33. The van der Waals surface area contributed by atoms with Crippen molar-refractivity contribution >= 4 is 29.3 Å². The van der Waals surface area contributed by atoms with Crippen molar-refractivity contribution in [2.24, 2.45) is 0 Å². The van der Waals surface area contributed by atoms with E-state index in [4.69, 9.17) is 0 Å². The minimum absolute atomic E-state index is 0.0430. The van der Waals surface area contributed by atoms with Crippen molar-refractivity contribution in [3.8, 4) is 6.07 Å². The molecule has 0 spiro atoms. The Morgan fingerprint density at radius 1 is 1.22 bits per heavy atom. The number of nitriles is 1. The zero-order valence-electron chi connectivity index (χ0n) is 15.9. The predicted octanol–water partition coefficient (Wildman–Crippen LogP) is 3.07. The minimum atomic E-state index is -0.262. The van der Waals surface area contributed by atoms with Crippen LogP contribution in [0.25, 0.3) is 0 Å². The third-order valence-electron chi connectivity index (χ3n) is 3.90. The SMILES string of the molecule is Cc1ccc(NC(=O)CN(C)C(=O)CSc2nc(C)cc(C)c2C#N)cc1. The number of nitrogens with one attached hydrogen (secondary N) is 1. The van der Waals surface area contributed by atoms with E-state index in [0.717, 1.165) is 16.8 Å². The van der Waals surface area contributed by atoms with Crippen LogP contribution in [0.4, 0.5) is 5.69 Å². The number of hydrogen-bond donors (Lipinski definition) is 1. The van der Waals surface area contributed by atoms with Crippen molar-refractivity contribution in [2.45, 2.75) is 25.8 Å². The summed E-state index contributed by atoms with van der Waals surface area (Å²) in [5.74, 6) is -0.357. The molecule has 1 aromatic heterocycles. The van der Waals surface area contributed by atoms with Crippen LogP contribution in [0.5, 0.6) is 0 Å². The molecule has 27 heavy (non-hydrogen) atoms. The summed E-state index contributed by atoms with van der Waals surface area (Å²) in [7, 11) is 1.58. The zero-order valence-corrected chi connectivity index (χ0v) is 16.7. The third-order valence-corrected chi connectivity index (χ3v) is 4.86. The largest absolute Gasteiger partial charge is 0.336 e. The number of hydrogen-bond acceptors (Lipinski definition) is 5. The lowest BCUT2D eigenvalue weighted by Gasteiger charge is -2.17. The van der Waals surface area contributed by atoms with Crippen molar-refractivity contribution in [1.82, 2.24) is 9.88 Å². The molecule has 0 aliphatic rings. The molecule has 1 heterocycles. The predicted molar refractivity (Wildman–Crippen MR) is 107 cm³/mol. The molecule has 0 unspecified atom stereocenters. The molecule has 0 atom stereocenters. The highest BCUT2D eigenvalue weighted by molar-refractivity contribution is 8.00. The summed E-state index contributed by atoms with van der Waals surface area (Å²) >= 11 is 1.21. The number of benzene rings is 1. The van der Waals surface area contributed by atoms with E-state index >= 15 is 0 Å². The normalized spacial score (nSPS) is 10.2. The van der Waals surface area contributed by atoms with E-state index in [1.807, 2.05) is 51.1 Å². The van der Waals surface area contributed by atoms with Gasteiger partial charge in [0.25, 0.3) is 0 Å². The lowest BCUT2D eigenvalue weighted by molar-refractivity contribution is -0.131. The number of amides is 2. The fourth-order valence-electron chi connectivity index (χ4n) is 2.42. The van der Waals surface area contributed by atoms with Crippen LogP contribution in [0.3, 0.4) is 0 Å². The Morgan fingerprint density at radius 3 is 2.52 bits per heavy atom. The van der Waals surface area contributed by atoms with Gasteiger partial charge in [-0.1, -0.05) is 29.5 Å². The van der Waals surface area contributed by atoms with Crippen LogP contribution in [-0.2, 0) is 9.59 Å². The van der Waals surface area contributed by atoms with Crippen molar-refractivity contribution in [2.75, 3.05) is 24.7 Å². The maximum atomic E-state index is 12.3. The Morgan fingerprint density at radius 2 is 1.89 bits per heavy atom. The number of likely N-dealkylation sites (N-methyl/N-ethyl adjacent to an activating group) is 1. The number of carbonyl (C=O) groups excluding carboxylic acids is 2. The summed E-state index contributed by atoms with van der Waals surface area (Å²) in [6.45, 7) is 5.62. The monoisotopic (exact) mass is 382 g/mol. The van der Waals surface area contributed by atoms with Crippen LogP contribution in [-0.4, -0.2) is 41.0 Å². The van der Waals surface area contributed by atoms with E-state index in [2.05, 4.69) is 16.4 Å².